The van der Waals surface area contributed by atoms with Gasteiger partial charge in [0.2, 0.25) is 0 Å². The van der Waals surface area contributed by atoms with Crippen molar-refractivity contribution in [2.45, 2.75) is 26.3 Å². The smallest absolute Gasteiger partial charge is 0.115 e. The summed E-state index contributed by atoms with van der Waals surface area (Å²) < 4.78 is 0. The predicted octanol–water partition coefficient (Wildman–Crippen LogP) is 2.24. The fourth-order valence-corrected chi connectivity index (χ4v) is 2.18. The molecule has 2 nitrogen and oxygen atoms in total. The van der Waals surface area contributed by atoms with Gasteiger partial charge in [-0.15, -0.1) is 0 Å². The van der Waals surface area contributed by atoms with Crippen molar-refractivity contribution >= 4 is 0 Å². The van der Waals surface area contributed by atoms with E-state index in [0.717, 1.165) is 13.0 Å². The Labute approximate surface area is 85.0 Å². The number of nitrogens with one attached hydrogen (secondary N) is 1. The number of phenolic OH excluding ortho intramolecular Hbond substituents is 1. The van der Waals surface area contributed by atoms with Gasteiger partial charge in [-0.3, -0.25) is 0 Å². The topological polar surface area (TPSA) is 32.3 Å². The third-order valence-electron chi connectivity index (χ3n) is 2.89. The van der Waals surface area contributed by atoms with Crippen molar-refractivity contribution in [3.8, 4) is 5.75 Å². The van der Waals surface area contributed by atoms with Crippen LogP contribution in [0, 0.1) is 5.92 Å². The van der Waals surface area contributed by atoms with E-state index in [2.05, 4.69) is 19.2 Å². The Morgan fingerprint density at radius 2 is 2.21 bits per heavy atom. The van der Waals surface area contributed by atoms with E-state index in [9.17, 15) is 5.11 Å². The Morgan fingerprint density at radius 1 is 1.43 bits per heavy atom. The number of rotatable bonds is 1. The normalized spacial score (nSPS) is 20.9. The second-order valence-corrected chi connectivity index (χ2v) is 4.31. The fourth-order valence-electron chi connectivity index (χ4n) is 2.18. The molecule has 0 bridgehead atoms. The Balaban J connectivity index is 2.40. The van der Waals surface area contributed by atoms with E-state index >= 15 is 0 Å². The summed E-state index contributed by atoms with van der Waals surface area (Å²) in [6.07, 6.45) is 1.02. The van der Waals surface area contributed by atoms with Crippen LogP contribution in [-0.2, 0) is 6.42 Å². The molecule has 2 heteroatoms. The molecule has 1 aliphatic rings. The van der Waals surface area contributed by atoms with Crippen LogP contribution in [-0.4, -0.2) is 11.7 Å². The van der Waals surface area contributed by atoms with Crippen molar-refractivity contribution in [1.29, 1.82) is 0 Å². The van der Waals surface area contributed by atoms with E-state index in [1.807, 2.05) is 12.1 Å². The van der Waals surface area contributed by atoms with E-state index in [1.54, 1.807) is 6.07 Å². The number of benzene rings is 1. The molecule has 0 saturated carbocycles. The summed E-state index contributed by atoms with van der Waals surface area (Å²) in [5.74, 6) is 0.978. The Bertz CT molecular complexity index is 333. The maximum Gasteiger partial charge on any atom is 0.115 e. The molecule has 0 amide bonds. The van der Waals surface area contributed by atoms with Crippen molar-refractivity contribution in [3.05, 3.63) is 29.3 Å². The molecule has 0 fully saturated rings. The van der Waals surface area contributed by atoms with Crippen LogP contribution in [0.1, 0.15) is 31.0 Å². The van der Waals surface area contributed by atoms with E-state index in [1.165, 1.54) is 11.1 Å². The highest BCUT2D eigenvalue weighted by Crippen LogP contribution is 2.30. The molecule has 1 aliphatic heterocycles. The minimum atomic E-state index is 0.383. The van der Waals surface area contributed by atoms with E-state index in [0.29, 0.717) is 17.7 Å². The van der Waals surface area contributed by atoms with Crippen molar-refractivity contribution < 1.29 is 5.11 Å². The summed E-state index contributed by atoms with van der Waals surface area (Å²) in [4.78, 5) is 0. The molecule has 1 aromatic rings. The summed E-state index contributed by atoms with van der Waals surface area (Å²) >= 11 is 0. The number of phenols is 1. The van der Waals surface area contributed by atoms with Crippen molar-refractivity contribution in [1.82, 2.24) is 5.32 Å². The Hall–Kier alpha value is -1.02. The van der Waals surface area contributed by atoms with Gasteiger partial charge in [0.15, 0.2) is 0 Å². The van der Waals surface area contributed by atoms with E-state index in [-0.39, 0.29) is 0 Å². The molecule has 0 aliphatic carbocycles. The SMILES string of the molecule is CC(C)C1NCCc2cc(O)ccc21. The van der Waals surface area contributed by atoms with Gasteiger partial charge < -0.3 is 10.4 Å². The molecule has 14 heavy (non-hydrogen) atoms. The maximum absolute atomic E-state index is 9.39. The molecule has 0 radical (unpaired) electrons. The van der Waals surface area contributed by atoms with Gasteiger partial charge in [-0.2, -0.15) is 0 Å². The molecule has 0 spiro atoms. The average Bonchev–Trinajstić information content (AvgIpc) is 2.16. The number of fused-ring (bicyclic) bond motifs is 1. The fraction of sp³-hybridized carbons (Fsp3) is 0.500. The van der Waals surface area contributed by atoms with Crippen LogP contribution in [0.5, 0.6) is 5.75 Å². The molecule has 1 unspecified atom stereocenters. The minimum absolute atomic E-state index is 0.383. The van der Waals surface area contributed by atoms with Gasteiger partial charge in [-0.25, -0.2) is 0 Å². The van der Waals surface area contributed by atoms with Crippen LogP contribution < -0.4 is 5.32 Å². The third kappa shape index (κ3) is 1.62. The van der Waals surface area contributed by atoms with Crippen LogP contribution in [0.4, 0.5) is 0 Å². The van der Waals surface area contributed by atoms with Gasteiger partial charge >= 0.3 is 0 Å². The molecule has 76 valence electrons. The highest BCUT2D eigenvalue weighted by molar-refractivity contribution is 5.38. The highest BCUT2D eigenvalue weighted by atomic mass is 16.3. The van der Waals surface area contributed by atoms with Crippen LogP contribution in [0.3, 0.4) is 0 Å². The quantitative estimate of drug-likeness (QED) is 0.713. The molecule has 2 N–H and O–H groups in total. The Kier molecular flexibility index (Phi) is 2.46. The van der Waals surface area contributed by atoms with Gasteiger partial charge in [0.25, 0.3) is 0 Å². The third-order valence-corrected chi connectivity index (χ3v) is 2.89. The van der Waals surface area contributed by atoms with Crippen molar-refractivity contribution in [2.24, 2.45) is 5.92 Å². The molecule has 1 atom stereocenters. The summed E-state index contributed by atoms with van der Waals surface area (Å²) in [6.45, 7) is 5.46. The zero-order valence-electron chi connectivity index (χ0n) is 8.75. The van der Waals surface area contributed by atoms with Crippen LogP contribution in [0.2, 0.25) is 0 Å². The number of hydrogen-bond acceptors (Lipinski definition) is 2. The monoisotopic (exact) mass is 191 g/mol. The molecule has 0 saturated heterocycles. The molecule has 2 rings (SSSR count). The maximum atomic E-state index is 9.39. The van der Waals surface area contributed by atoms with Gasteiger partial charge in [0.1, 0.15) is 5.75 Å². The highest BCUT2D eigenvalue weighted by Gasteiger charge is 2.22. The Morgan fingerprint density at radius 3 is 2.93 bits per heavy atom. The van der Waals surface area contributed by atoms with E-state index in [4.69, 9.17) is 0 Å². The molecule has 1 aromatic carbocycles. The minimum Gasteiger partial charge on any atom is -0.508 e. The lowest BCUT2D eigenvalue weighted by atomic mass is 9.88. The zero-order valence-corrected chi connectivity index (χ0v) is 8.75. The van der Waals surface area contributed by atoms with Gasteiger partial charge in [-0.05, 0) is 42.1 Å². The first kappa shape index (κ1) is 9.53. The average molecular weight is 191 g/mol. The standard InChI is InChI=1S/C12H17NO/c1-8(2)12-11-4-3-10(14)7-9(11)5-6-13-12/h3-4,7-8,12-14H,5-6H2,1-2H3. The zero-order chi connectivity index (χ0) is 10.1. The summed E-state index contributed by atoms with van der Waals surface area (Å²) in [7, 11) is 0. The summed E-state index contributed by atoms with van der Waals surface area (Å²) in [6, 6.07) is 6.16. The first-order chi connectivity index (χ1) is 6.68. The van der Waals surface area contributed by atoms with Crippen LogP contribution in [0.15, 0.2) is 18.2 Å². The summed E-state index contributed by atoms with van der Waals surface area (Å²) in [5.41, 5.74) is 2.64. The predicted molar refractivity (Wildman–Crippen MR) is 57.4 cm³/mol. The number of hydrogen-bond donors (Lipinski definition) is 2. The second-order valence-electron chi connectivity index (χ2n) is 4.31. The van der Waals surface area contributed by atoms with Gasteiger partial charge in [0, 0.05) is 6.04 Å². The molecule has 1 heterocycles. The van der Waals surface area contributed by atoms with Gasteiger partial charge in [-0.1, -0.05) is 19.9 Å². The van der Waals surface area contributed by atoms with Crippen molar-refractivity contribution in [3.63, 3.8) is 0 Å². The largest absolute Gasteiger partial charge is 0.508 e. The molecule has 0 aromatic heterocycles. The first-order valence-corrected chi connectivity index (χ1v) is 5.23. The summed E-state index contributed by atoms with van der Waals surface area (Å²) in [5, 5.41) is 12.9. The van der Waals surface area contributed by atoms with Crippen LogP contribution in [0.25, 0.3) is 0 Å². The lowest BCUT2D eigenvalue weighted by molar-refractivity contribution is 0.393. The van der Waals surface area contributed by atoms with Gasteiger partial charge in [0.05, 0.1) is 0 Å². The molecular formula is C12H17NO. The lowest BCUT2D eigenvalue weighted by Gasteiger charge is -2.29. The van der Waals surface area contributed by atoms with E-state index < -0.39 is 0 Å². The second kappa shape index (κ2) is 3.62. The lowest BCUT2D eigenvalue weighted by Crippen LogP contribution is -2.32. The number of aromatic hydroxyl groups is 1. The molecular weight excluding hydrogens is 174 g/mol. The van der Waals surface area contributed by atoms with Crippen LogP contribution >= 0.6 is 0 Å². The van der Waals surface area contributed by atoms with Crippen molar-refractivity contribution in [2.75, 3.05) is 6.54 Å². The first-order valence-electron chi connectivity index (χ1n) is 5.23.